The maximum absolute atomic E-state index is 13.0. The largest absolute Gasteiger partial charge is 0.296 e. The highest BCUT2D eigenvalue weighted by atomic mass is 35.5. The number of benzene rings is 2. The Morgan fingerprint density at radius 2 is 1.85 bits per heavy atom. The second-order valence-electron chi connectivity index (χ2n) is 5.79. The average molecular weight is 400 g/mol. The molecule has 0 aliphatic rings. The van der Waals surface area contributed by atoms with Gasteiger partial charge in [0, 0.05) is 11.4 Å². The van der Waals surface area contributed by atoms with E-state index in [4.69, 9.17) is 11.6 Å². The zero-order chi connectivity index (χ0) is 19.0. The maximum atomic E-state index is 13.0. The minimum atomic E-state index is -0.496. The third kappa shape index (κ3) is 3.51. The third-order valence-electron chi connectivity index (χ3n) is 3.93. The van der Waals surface area contributed by atoms with Gasteiger partial charge in [0.2, 0.25) is 4.96 Å². The molecule has 8 heteroatoms. The Kier molecular flexibility index (Phi) is 4.55. The zero-order valence-electron chi connectivity index (χ0n) is 13.7. The van der Waals surface area contributed by atoms with Crippen LogP contribution in [0.2, 0.25) is 5.02 Å². The van der Waals surface area contributed by atoms with E-state index in [1.165, 1.54) is 12.1 Å². The lowest BCUT2D eigenvalue weighted by atomic mass is 10.1. The molecule has 0 radical (unpaired) electrons. The number of nitrogens with zero attached hydrogens (tertiary/aromatic N) is 3. The van der Waals surface area contributed by atoms with Crippen molar-refractivity contribution in [3.8, 4) is 0 Å². The van der Waals surface area contributed by atoms with Crippen molar-refractivity contribution in [2.75, 3.05) is 0 Å². The summed E-state index contributed by atoms with van der Waals surface area (Å²) in [6.07, 6.45) is 1.79. The van der Waals surface area contributed by atoms with E-state index in [0.717, 1.165) is 21.4 Å². The molecule has 0 amide bonds. The van der Waals surface area contributed by atoms with Crippen molar-refractivity contribution in [3.05, 3.63) is 101 Å². The molecule has 0 spiro atoms. The Hall–Kier alpha value is -2.90. The van der Waals surface area contributed by atoms with Gasteiger partial charge in [-0.15, -0.1) is 0 Å². The molecule has 0 fully saturated rings. The Morgan fingerprint density at radius 3 is 2.59 bits per heavy atom. The van der Waals surface area contributed by atoms with Gasteiger partial charge in [0.05, 0.1) is 4.53 Å². The maximum Gasteiger partial charge on any atom is 0.296 e. The number of rotatable bonds is 3. The summed E-state index contributed by atoms with van der Waals surface area (Å²) in [5.41, 5.74) is 0.658. The first-order valence-electron chi connectivity index (χ1n) is 7.95. The molecule has 2 aromatic carbocycles. The summed E-state index contributed by atoms with van der Waals surface area (Å²) < 4.78 is 14.5. The first kappa shape index (κ1) is 17.5. The monoisotopic (exact) mass is 399 g/mol. The SMILES string of the molecule is O=c1nc2s/c(=C\c3ccc(F)cc3)c(=O)n2nc1Cc1ccccc1Cl. The van der Waals surface area contributed by atoms with Gasteiger partial charge in [0.1, 0.15) is 11.5 Å². The van der Waals surface area contributed by atoms with Gasteiger partial charge in [-0.3, -0.25) is 9.59 Å². The molecule has 5 nitrogen and oxygen atoms in total. The molecule has 0 unspecified atom stereocenters. The molecule has 4 rings (SSSR count). The van der Waals surface area contributed by atoms with Crippen LogP contribution in [0.25, 0.3) is 11.0 Å². The number of halogens is 2. The molecule has 0 N–H and O–H groups in total. The van der Waals surface area contributed by atoms with Gasteiger partial charge in [-0.1, -0.05) is 53.3 Å². The average Bonchev–Trinajstić information content (AvgIpc) is 2.94. The van der Waals surface area contributed by atoms with Gasteiger partial charge in [-0.2, -0.15) is 14.6 Å². The highest BCUT2D eigenvalue weighted by Gasteiger charge is 2.12. The van der Waals surface area contributed by atoms with Crippen LogP contribution in [0.1, 0.15) is 16.8 Å². The lowest BCUT2D eigenvalue weighted by Gasteiger charge is -2.02. The third-order valence-corrected chi connectivity index (χ3v) is 5.26. The van der Waals surface area contributed by atoms with Crippen molar-refractivity contribution < 1.29 is 4.39 Å². The van der Waals surface area contributed by atoms with Crippen molar-refractivity contribution >= 4 is 34.0 Å². The molecule has 2 aromatic heterocycles. The number of fused-ring (bicyclic) bond motifs is 1. The summed E-state index contributed by atoms with van der Waals surface area (Å²) in [7, 11) is 0. The van der Waals surface area contributed by atoms with Crippen molar-refractivity contribution in [1.82, 2.24) is 14.6 Å². The van der Waals surface area contributed by atoms with Gasteiger partial charge in [-0.05, 0) is 35.4 Å². The fraction of sp³-hybridized carbons (Fsp3) is 0.0526. The van der Waals surface area contributed by atoms with E-state index in [-0.39, 0.29) is 28.5 Å². The summed E-state index contributed by atoms with van der Waals surface area (Å²) in [5, 5.41) is 4.70. The quantitative estimate of drug-likeness (QED) is 0.531. The van der Waals surface area contributed by atoms with Crippen molar-refractivity contribution in [3.63, 3.8) is 0 Å². The van der Waals surface area contributed by atoms with Gasteiger partial charge >= 0.3 is 0 Å². The molecule has 2 heterocycles. The van der Waals surface area contributed by atoms with E-state index in [2.05, 4.69) is 10.1 Å². The Labute approximate surface area is 161 Å². The molecule has 4 aromatic rings. The van der Waals surface area contributed by atoms with E-state index in [0.29, 0.717) is 15.1 Å². The standard InChI is InChI=1S/C19H11ClFN3O2S/c20-14-4-2-1-3-12(14)10-15-17(25)22-19-24(23-15)18(26)16(27-19)9-11-5-7-13(21)8-6-11/h1-9H,10H2/b16-9-. The van der Waals surface area contributed by atoms with Crippen molar-refractivity contribution in [1.29, 1.82) is 0 Å². The molecule has 0 aliphatic carbocycles. The Balaban J connectivity index is 1.82. The van der Waals surface area contributed by atoms with Crippen LogP contribution < -0.4 is 15.7 Å². The fourth-order valence-electron chi connectivity index (χ4n) is 2.58. The minimum absolute atomic E-state index is 0.142. The van der Waals surface area contributed by atoms with Gasteiger partial charge in [-0.25, -0.2) is 4.39 Å². The summed E-state index contributed by atoms with van der Waals surface area (Å²) in [4.78, 5) is 29.1. The predicted octanol–water partition coefficient (Wildman–Crippen LogP) is 2.44. The highest BCUT2D eigenvalue weighted by Crippen LogP contribution is 2.16. The van der Waals surface area contributed by atoms with E-state index in [1.807, 2.05) is 6.07 Å². The predicted molar refractivity (Wildman–Crippen MR) is 103 cm³/mol. The van der Waals surface area contributed by atoms with Crippen LogP contribution in [0.5, 0.6) is 0 Å². The first-order chi connectivity index (χ1) is 13.0. The molecular formula is C19H11ClFN3O2S. The zero-order valence-corrected chi connectivity index (χ0v) is 15.3. The second-order valence-corrected chi connectivity index (χ2v) is 7.21. The fourth-order valence-corrected chi connectivity index (χ4v) is 3.69. The Bertz CT molecular complexity index is 1320. The number of aromatic nitrogens is 3. The minimum Gasteiger partial charge on any atom is -0.266 e. The van der Waals surface area contributed by atoms with Crippen LogP contribution in [-0.4, -0.2) is 14.6 Å². The lowest BCUT2D eigenvalue weighted by molar-refractivity contribution is 0.628. The lowest BCUT2D eigenvalue weighted by Crippen LogP contribution is -2.28. The molecule has 0 saturated carbocycles. The summed E-state index contributed by atoms with van der Waals surface area (Å²) in [5.74, 6) is -0.358. The highest BCUT2D eigenvalue weighted by molar-refractivity contribution is 7.15. The van der Waals surface area contributed by atoms with Crippen LogP contribution >= 0.6 is 22.9 Å². The molecule has 0 bridgehead atoms. The van der Waals surface area contributed by atoms with Gasteiger partial charge < -0.3 is 0 Å². The molecule has 134 valence electrons. The Morgan fingerprint density at radius 1 is 1.11 bits per heavy atom. The van der Waals surface area contributed by atoms with E-state index in [1.54, 1.807) is 36.4 Å². The molecule has 0 aliphatic heterocycles. The summed E-state index contributed by atoms with van der Waals surface area (Å²) >= 11 is 7.19. The van der Waals surface area contributed by atoms with Crippen molar-refractivity contribution in [2.24, 2.45) is 0 Å². The second kappa shape index (κ2) is 7.02. The van der Waals surface area contributed by atoms with Gasteiger partial charge in [0.25, 0.3) is 11.1 Å². The van der Waals surface area contributed by atoms with Crippen LogP contribution in [-0.2, 0) is 6.42 Å². The van der Waals surface area contributed by atoms with E-state index >= 15 is 0 Å². The van der Waals surface area contributed by atoms with Crippen LogP contribution in [0.3, 0.4) is 0 Å². The van der Waals surface area contributed by atoms with Crippen LogP contribution in [0, 0.1) is 5.82 Å². The normalized spacial score (nSPS) is 12.0. The summed E-state index contributed by atoms with van der Waals surface area (Å²) in [6, 6.07) is 12.9. The molecule has 0 atom stereocenters. The topological polar surface area (TPSA) is 64.3 Å². The molecule has 0 saturated heterocycles. The number of hydrogen-bond acceptors (Lipinski definition) is 5. The van der Waals surface area contributed by atoms with Crippen LogP contribution in [0.4, 0.5) is 4.39 Å². The number of hydrogen-bond donors (Lipinski definition) is 0. The smallest absolute Gasteiger partial charge is 0.266 e. The molecular weight excluding hydrogens is 389 g/mol. The first-order valence-corrected chi connectivity index (χ1v) is 9.14. The molecule has 27 heavy (non-hydrogen) atoms. The van der Waals surface area contributed by atoms with Crippen molar-refractivity contribution in [2.45, 2.75) is 6.42 Å². The van der Waals surface area contributed by atoms with Gasteiger partial charge in [0.15, 0.2) is 0 Å². The van der Waals surface area contributed by atoms with Crippen LogP contribution in [0.15, 0.2) is 58.1 Å². The van der Waals surface area contributed by atoms with E-state index in [9.17, 15) is 14.0 Å². The number of thiazole rings is 1. The van der Waals surface area contributed by atoms with E-state index < -0.39 is 5.56 Å². The summed E-state index contributed by atoms with van der Waals surface area (Å²) in [6.45, 7) is 0.